The first kappa shape index (κ1) is 24.8. The third-order valence-corrected chi connectivity index (χ3v) is 5.73. The molecule has 1 atom stereocenters. The second kappa shape index (κ2) is 10.7. The highest BCUT2D eigenvalue weighted by atomic mass is 32.2. The topological polar surface area (TPSA) is 116 Å². The third kappa shape index (κ3) is 5.82. The normalized spacial score (nSPS) is 12.2. The lowest BCUT2D eigenvalue weighted by atomic mass is 10.2. The number of sulfonamides is 1. The molecule has 2 aromatic rings. The number of amides is 1. The van der Waals surface area contributed by atoms with Crippen LogP contribution < -0.4 is 28.7 Å². The third-order valence-electron chi connectivity index (χ3n) is 4.49. The smallest absolute Gasteiger partial charge is 0.263 e. The number of ether oxygens (including phenoxy) is 4. The van der Waals surface area contributed by atoms with E-state index in [0.29, 0.717) is 34.2 Å². The summed E-state index contributed by atoms with van der Waals surface area (Å²) >= 11 is 0. The maximum absolute atomic E-state index is 12.6. The monoisotopic (exact) mass is 465 g/mol. The number of anilines is 1. The molecule has 1 amide bonds. The van der Waals surface area contributed by atoms with E-state index in [-0.39, 0.29) is 0 Å². The number of nitrogens with zero attached hydrogens (tertiary/aromatic N) is 2. The maximum Gasteiger partial charge on any atom is 0.263 e. The molecule has 11 heteroatoms. The lowest BCUT2D eigenvalue weighted by molar-refractivity contribution is -0.121. The van der Waals surface area contributed by atoms with Crippen molar-refractivity contribution in [2.24, 2.45) is 5.10 Å². The van der Waals surface area contributed by atoms with Crippen LogP contribution in [0.1, 0.15) is 12.5 Å². The van der Waals surface area contributed by atoms with E-state index < -0.39 is 22.0 Å². The molecule has 0 radical (unpaired) electrons. The summed E-state index contributed by atoms with van der Waals surface area (Å²) in [6.07, 6.45) is 2.41. The zero-order valence-electron chi connectivity index (χ0n) is 18.8. The molecule has 0 aliphatic carbocycles. The molecule has 2 aromatic carbocycles. The van der Waals surface area contributed by atoms with Crippen molar-refractivity contribution >= 4 is 27.8 Å². The van der Waals surface area contributed by atoms with Crippen LogP contribution in [-0.2, 0) is 14.8 Å². The van der Waals surface area contributed by atoms with Crippen molar-refractivity contribution < 1.29 is 32.2 Å². The number of hydrogen-bond acceptors (Lipinski definition) is 8. The Kier molecular flexibility index (Phi) is 8.30. The molecule has 0 aromatic heterocycles. The standard InChI is InChI=1S/C21H27N3O7S/c1-14(24(32(6,26)27)16-7-9-17(28-2)10-8-16)21(25)23-22-13-15-11-18(29-3)20(31-5)19(12-15)30-4/h7-14H,1-6H3,(H,23,25)/b22-13-/t14-/m1/s1. The van der Waals surface area contributed by atoms with Crippen molar-refractivity contribution in [2.75, 3.05) is 39.0 Å². The van der Waals surface area contributed by atoms with Crippen molar-refractivity contribution in [3.8, 4) is 23.0 Å². The van der Waals surface area contributed by atoms with Crippen LogP contribution in [-0.4, -0.2) is 61.3 Å². The van der Waals surface area contributed by atoms with E-state index in [4.69, 9.17) is 18.9 Å². The predicted octanol–water partition coefficient (Wildman–Crippen LogP) is 2.03. The van der Waals surface area contributed by atoms with Gasteiger partial charge in [0, 0.05) is 5.56 Å². The SMILES string of the molecule is COc1ccc(N([C@H](C)C(=O)N/N=C\c2cc(OC)c(OC)c(OC)c2)S(C)(=O)=O)cc1. The minimum atomic E-state index is -3.75. The van der Waals surface area contributed by atoms with Gasteiger partial charge < -0.3 is 18.9 Å². The van der Waals surface area contributed by atoms with Crippen LogP contribution in [0.2, 0.25) is 0 Å². The van der Waals surface area contributed by atoms with Gasteiger partial charge in [-0.1, -0.05) is 0 Å². The van der Waals surface area contributed by atoms with E-state index in [1.54, 1.807) is 36.4 Å². The summed E-state index contributed by atoms with van der Waals surface area (Å²) < 4.78 is 46.7. The van der Waals surface area contributed by atoms with E-state index in [1.807, 2.05) is 0 Å². The van der Waals surface area contributed by atoms with Gasteiger partial charge in [0.05, 0.1) is 46.6 Å². The molecule has 0 heterocycles. The van der Waals surface area contributed by atoms with E-state index in [9.17, 15) is 13.2 Å². The van der Waals surface area contributed by atoms with Gasteiger partial charge in [-0.25, -0.2) is 13.8 Å². The first-order valence-electron chi connectivity index (χ1n) is 9.42. The summed E-state index contributed by atoms with van der Waals surface area (Å²) in [4.78, 5) is 12.6. The van der Waals surface area contributed by atoms with E-state index >= 15 is 0 Å². The van der Waals surface area contributed by atoms with Gasteiger partial charge in [-0.05, 0) is 43.3 Å². The van der Waals surface area contributed by atoms with Crippen LogP contribution in [0.4, 0.5) is 5.69 Å². The summed E-state index contributed by atoms with van der Waals surface area (Å²) in [7, 11) is 2.22. The van der Waals surface area contributed by atoms with Gasteiger partial charge in [-0.3, -0.25) is 9.10 Å². The van der Waals surface area contributed by atoms with Crippen LogP contribution in [0.15, 0.2) is 41.5 Å². The van der Waals surface area contributed by atoms with Gasteiger partial charge in [0.2, 0.25) is 15.8 Å². The molecule has 0 aliphatic rings. The highest BCUT2D eigenvalue weighted by Gasteiger charge is 2.29. The first-order chi connectivity index (χ1) is 15.2. The molecule has 1 N–H and O–H groups in total. The van der Waals surface area contributed by atoms with Gasteiger partial charge in [0.1, 0.15) is 11.8 Å². The minimum absolute atomic E-state index is 0.324. The van der Waals surface area contributed by atoms with Crippen LogP contribution in [0, 0.1) is 0 Å². The predicted molar refractivity (Wildman–Crippen MR) is 122 cm³/mol. The molecular weight excluding hydrogens is 438 g/mol. The molecule has 0 aliphatic heterocycles. The molecule has 0 fully saturated rings. The highest BCUT2D eigenvalue weighted by molar-refractivity contribution is 7.92. The Morgan fingerprint density at radius 3 is 2.00 bits per heavy atom. The summed E-state index contributed by atoms with van der Waals surface area (Å²) in [6, 6.07) is 8.59. The number of methoxy groups -OCH3 is 4. The summed E-state index contributed by atoms with van der Waals surface area (Å²) in [5.74, 6) is 1.23. The quantitative estimate of drug-likeness (QED) is 0.422. The zero-order chi connectivity index (χ0) is 23.9. The lowest BCUT2D eigenvalue weighted by Gasteiger charge is -2.27. The van der Waals surface area contributed by atoms with Crippen molar-refractivity contribution in [3.05, 3.63) is 42.0 Å². The molecule has 0 spiro atoms. The molecule has 10 nitrogen and oxygen atoms in total. The van der Waals surface area contributed by atoms with Crippen LogP contribution in [0.25, 0.3) is 0 Å². The number of hydrogen-bond donors (Lipinski definition) is 1. The lowest BCUT2D eigenvalue weighted by Crippen LogP contribution is -2.46. The second-order valence-electron chi connectivity index (χ2n) is 6.63. The van der Waals surface area contributed by atoms with E-state index in [0.717, 1.165) is 10.6 Å². The Bertz CT molecular complexity index is 1040. The van der Waals surface area contributed by atoms with Crippen molar-refractivity contribution in [2.45, 2.75) is 13.0 Å². The number of rotatable bonds is 10. The Morgan fingerprint density at radius 1 is 1.00 bits per heavy atom. The van der Waals surface area contributed by atoms with Gasteiger partial charge in [-0.15, -0.1) is 0 Å². The average Bonchev–Trinajstić information content (AvgIpc) is 2.77. The average molecular weight is 466 g/mol. The molecule has 0 saturated heterocycles. The van der Waals surface area contributed by atoms with Gasteiger partial charge in [-0.2, -0.15) is 5.10 Å². The maximum atomic E-state index is 12.6. The molecule has 32 heavy (non-hydrogen) atoms. The number of carbonyl (C=O) groups excluding carboxylic acids is 1. The van der Waals surface area contributed by atoms with E-state index in [1.165, 1.54) is 41.6 Å². The molecule has 2 rings (SSSR count). The fourth-order valence-electron chi connectivity index (χ4n) is 2.98. The van der Waals surface area contributed by atoms with Gasteiger partial charge >= 0.3 is 0 Å². The fourth-order valence-corrected chi connectivity index (χ4v) is 4.15. The van der Waals surface area contributed by atoms with Crippen molar-refractivity contribution in [1.82, 2.24) is 5.43 Å². The number of benzene rings is 2. The number of nitrogens with one attached hydrogen (secondary N) is 1. The number of hydrazone groups is 1. The largest absolute Gasteiger partial charge is 0.497 e. The summed E-state index contributed by atoms with van der Waals surface area (Å²) in [5, 5.41) is 3.94. The van der Waals surface area contributed by atoms with Crippen LogP contribution >= 0.6 is 0 Å². The van der Waals surface area contributed by atoms with Gasteiger partial charge in [0.25, 0.3) is 5.91 Å². The van der Waals surface area contributed by atoms with Crippen molar-refractivity contribution in [1.29, 1.82) is 0 Å². The van der Waals surface area contributed by atoms with Gasteiger partial charge in [0.15, 0.2) is 11.5 Å². The summed E-state index contributed by atoms with van der Waals surface area (Å²) in [5.41, 5.74) is 3.26. The fraction of sp³-hybridized carbons (Fsp3) is 0.333. The molecule has 0 unspecified atom stereocenters. The Hall–Kier alpha value is -3.47. The summed E-state index contributed by atoms with van der Waals surface area (Å²) in [6.45, 7) is 1.47. The zero-order valence-corrected chi connectivity index (χ0v) is 19.6. The number of carbonyl (C=O) groups is 1. The molecule has 174 valence electrons. The van der Waals surface area contributed by atoms with Crippen molar-refractivity contribution in [3.63, 3.8) is 0 Å². The van der Waals surface area contributed by atoms with E-state index in [2.05, 4.69) is 10.5 Å². The Morgan fingerprint density at radius 2 is 1.56 bits per heavy atom. The first-order valence-corrected chi connectivity index (χ1v) is 11.3. The molecule has 0 bridgehead atoms. The van der Waals surface area contributed by atoms with Crippen LogP contribution in [0.3, 0.4) is 0 Å². The second-order valence-corrected chi connectivity index (χ2v) is 8.49. The Labute approximate surface area is 187 Å². The highest BCUT2D eigenvalue weighted by Crippen LogP contribution is 2.37. The minimum Gasteiger partial charge on any atom is -0.497 e. The molecular formula is C21H27N3O7S. The Balaban J connectivity index is 2.22. The molecule has 0 saturated carbocycles. The van der Waals surface area contributed by atoms with Crippen LogP contribution in [0.5, 0.6) is 23.0 Å².